The normalized spacial score (nSPS) is 17.9. The predicted octanol–water partition coefficient (Wildman–Crippen LogP) is 4.58. The van der Waals surface area contributed by atoms with Gasteiger partial charge in [-0.05, 0) is 23.3 Å². The largest absolute Gasteiger partial charge is 0.337 e. The molecule has 5 rings (SSSR count). The highest BCUT2D eigenvalue weighted by atomic mass is 35.5. The molecule has 1 aliphatic heterocycles. The average molecular weight is 459 g/mol. The number of benzene rings is 3. The number of carbonyl (C=O) groups is 2. The second kappa shape index (κ2) is 8.52. The van der Waals surface area contributed by atoms with Crippen LogP contribution in [0.15, 0.2) is 89.5 Å². The molecule has 7 nitrogen and oxygen atoms in total. The quantitative estimate of drug-likeness (QED) is 0.427. The smallest absolute Gasteiger partial charge is 0.325 e. The summed E-state index contributed by atoms with van der Waals surface area (Å²) in [5.41, 5.74) is 1.01. The van der Waals surface area contributed by atoms with Crippen molar-refractivity contribution in [1.82, 2.24) is 20.4 Å². The number of nitrogens with zero attached hydrogens (tertiary/aromatic N) is 3. The van der Waals surface area contributed by atoms with Crippen LogP contribution in [-0.4, -0.2) is 27.0 Å². The molecule has 1 saturated heterocycles. The van der Waals surface area contributed by atoms with Gasteiger partial charge in [-0.15, -0.1) is 0 Å². The van der Waals surface area contributed by atoms with Crippen LogP contribution in [0.25, 0.3) is 11.4 Å². The summed E-state index contributed by atoms with van der Waals surface area (Å²) in [6, 6.07) is 25.4. The number of hydrogen-bond acceptors (Lipinski definition) is 5. The van der Waals surface area contributed by atoms with E-state index >= 15 is 0 Å². The van der Waals surface area contributed by atoms with Crippen LogP contribution >= 0.6 is 11.6 Å². The zero-order valence-electron chi connectivity index (χ0n) is 17.4. The Morgan fingerprint density at radius 3 is 2.30 bits per heavy atom. The maximum Gasteiger partial charge on any atom is 0.325 e. The van der Waals surface area contributed by atoms with E-state index in [-0.39, 0.29) is 18.3 Å². The molecule has 0 aliphatic carbocycles. The Balaban J connectivity index is 1.46. The summed E-state index contributed by atoms with van der Waals surface area (Å²) < 4.78 is 5.33. The molecule has 1 atom stereocenters. The van der Waals surface area contributed by atoms with E-state index in [0.717, 1.165) is 10.5 Å². The number of halogens is 1. The Morgan fingerprint density at radius 2 is 1.58 bits per heavy atom. The zero-order valence-corrected chi connectivity index (χ0v) is 18.2. The van der Waals surface area contributed by atoms with E-state index in [1.165, 1.54) is 0 Å². The number of amides is 3. The van der Waals surface area contributed by atoms with Crippen molar-refractivity contribution in [1.29, 1.82) is 0 Å². The first kappa shape index (κ1) is 20.9. The van der Waals surface area contributed by atoms with Gasteiger partial charge in [-0.25, -0.2) is 4.79 Å². The van der Waals surface area contributed by atoms with Crippen LogP contribution in [-0.2, 0) is 23.3 Å². The monoisotopic (exact) mass is 458 g/mol. The number of hydrogen-bond donors (Lipinski definition) is 1. The van der Waals surface area contributed by atoms with E-state index in [4.69, 9.17) is 16.1 Å². The number of rotatable bonds is 6. The van der Waals surface area contributed by atoms with Gasteiger partial charge in [-0.3, -0.25) is 9.69 Å². The molecule has 2 heterocycles. The fourth-order valence-electron chi connectivity index (χ4n) is 4.02. The highest BCUT2D eigenvalue weighted by Gasteiger charge is 2.52. The maximum atomic E-state index is 13.7. The molecule has 33 heavy (non-hydrogen) atoms. The van der Waals surface area contributed by atoms with E-state index < -0.39 is 11.6 Å². The lowest BCUT2D eigenvalue weighted by molar-refractivity contribution is -0.132. The number of imide groups is 1. The van der Waals surface area contributed by atoms with Gasteiger partial charge in [-0.1, -0.05) is 89.6 Å². The van der Waals surface area contributed by atoms with Crippen LogP contribution in [0.4, 0.5) is 4.79 Å². The van der Waals surface area contributed by atoms with Gasteiger partial charge in [0.25, 0.3) is 5.91 Å². The molecule has 3 amide bonds. The van der Waals surface area contributed by atoms with Crippen molar-refractivity contribution in [2.24, 2.45) is 0 Å². The first-order chi connectivity index (χ1) is 16.1. The highest BCUT2D eigenvalue weighted by Crippen LogP contribution is 2.34. The lowest BCUT2D eigenvalue weighted by Gasteiger charge is -2.27. The minimum atomic E-state index is -1.23. The molecule has 1 fully saturated rings. The van der Waals surface area contributed by atoms with E-state index in [1.807, 2.05) is 66.7 Å². The molecule has 1 unspecified atom stereocenters. The van der Waals surface area contributed by atoms with Gasteiger partial charge >= 0.3 is 6.03 Å². The summed E-state index contributed by atoms with van der Waals surface area (Å²) in [4.78, 5) is 32.1. The number of urea groups is 1. The lowest BCUT2D eigenvalue weighted by Crippen LogP contribution is -2.46. The predicted molar refractivity (Wildman–Crippen MR) is 122 cm³/mol. The lowest BCUT2D eigenvalue weighted by atomic mass is 9.83. The number of nitrogens with one attached hydrogen (secondary N) is 1. The van der Waals surface area contributed by atoms with Gasteiger partial charge in [-0.2, -0.15) is 4.98 Å². The molecular formula is C25H19ClN4O3. The molecule has 3 aromatic carbocycles. The fraction of sp³-hybridized carbons (Fsp3) is 0.120. The van der Waals surface area contributed by atoms with E-state index in [1.54, 1.807) is 18.2 Å². The minimum absolute atomic E-state index is 0.136. The summed E-state index contributed by atoms with van der Waals surface area (Å²) in [5.74, 6) is 0.0540. The standard InChI is InChI=1S/C25H19ClN4O3/c26-20-14-8-7-13-19(20)22-27-21(33-29-22)16-30-23(31)25(28-24(30)32,18-11-5-2-6-12-18)15-17-9-3-1-4-10-17/h1-14H,15-16H2,(H,28,32). The Labute approximate surface area is 195 Å². The van der Waals surface area contributed by atoms with Gasteiger partial charge in [0.15, 0.2) is 5.54 Å². The molecule has 164 valence electrons. The number of aromatic nitrogens is 2. The second-order valence-corrected chi connectivity index (χ2v) is 8.15. The minimum Gasteiger partial charge on any atom is -0.337 e. The van der Waals surface area contributed by atoms with Crippen LogP contribution in [0.1, 0.15) is 17.0 Å². The van der Waals surface area contributed by atoms with E-state index in [2.05, 4.69) is 15.5 Å². The SMILES string of the molecule is O=C1NC(Cc2ccccc2)(c2ccccc2)C(=O)N1Cc1nc(-c2ccccc2Cl)no1. The Morgan fingerprint density at radius 1 is 0.909 bits per heavy atom. The summed E-state index contributed by atoms with van der Waals surface area (Å²) in [6.45, 7) is -0.147. The summed E-state index contributed by atoms with van der Waals surface area (Å²) >= 11 is 6.22. The van der Waals surface area contributed by atoms with Crippen molar-refractivity contribution >= 4 is 23.5 Å². The Hall–Kier alpha value is -3.97. The molecule has 1 N–H and O–H groups in total. The van der Waals surface area contributed by atoms with E-state index in [0.29, 0.717) is 28.4 Å². The molecule has 0 spiro atoms. The molecule has 0 saturated carbocycles. The summed E-state index contributed by atoms with van der Waals surface area (Å²) in [5, 5.41) is 7.37. The van der Waals surface area contributed by atoms with Crippen LogP contribution < -0.4 is 5.32 Å². The van der Waals surface area contributed by atoms with Crippen molar-refractivity contribution < 1.29 is 14.1 Å². The topological polar surface area (TPSA) is 88.3 Å². The molecule has 4 aromatic rings. The average Bonchev–Trinajstić information content (AvgIpc) is 3.40. The van der Waals surface area contributed by atoms with Crippen LogP contribution in [0.2, 0.25) is 5.02 Å². The van der Waals surface area contributed by atoms with Crippen LogP contribution in [0, 0.1) is 0 Å². The van der Waals surface area contributed by atoms with Crippen molar-refractivity contribution in [2.45, 2.75) is 18.5 Å². The van der Waals surface area contributed by atoms with E-state index in [9.17, 15) is 9.59 Å². The zero-order chi connectivity index (χ0) is 22.8. The Bertz CT molecular complexity index is 1310. The molecule has 1 aliphatic rings. The van der Waals surface area contributed by atoms with Gasteiger partial charge in [0, 0.05) is 12.0 Å². The summed E-state index contributed by atoms with van der Waals surface area (Å²) in [7, 11) is 0. The van der Waals surface area contributed by atoms with Crippen molar-refractivity contribution in [3.8, 4) is 11.4 Å². The number of carbonyl (C=O) groups excluding carboxylic acids is 2. The molecule has 1 aromatic heterocycles. The van der Waals surface area contributed by atoms with Gasteiger partial charge in [0.05, 0.1) is 5.02 Å². The van der Waals surface area contributed by atoms with Crippen molar-refractivity contribution in [3.05, 3.63) is 107 Å². The van der Waals surface area contributed by atoms with Crippen molar-refractivity contribution in [2.75, 3.05) is 0 Å². The first-order valence-electron chi connectivity index (χ1n) is 10.4. The molecule has 8 heteroatoms. The third kappa shape index (κ3) is 3.87. The summed E-state index contributed by atoms with van der Waals surface area (Å²) in [6.07, 6.45) is 0.313. The third-order valence-corrected chi connectivity index (χ3v) is 5.96. The fourth-order valence-corrected chi connectivity index (χ4v) is 4.24. The van der Waals surface area contributed by atoms with Gasteiger partial charge in [0.1, 0.15) is 6.54 Å². The molecular weight excluding hydrogens is 440 g/mol. The second-order valence-electron chi connectivity index (χ2n) is 7.75. The Kier molecular flexibility index (Phi) is 5.40. The molecule has 0 bridgehead atoms. The van der Waals surface area contributed by atoms with Gasteiger partial charge in [0.2, 0.25) is 11.7 Å². The van der Waals surface area contributed by atoms with Gasteiger partial charge < -0.3 is 9.84 Å². The highest BCUT2D eigenvalue weighted by molar-refractivity contribution is 6.33. The van der Waals surface area contributed by atoms with Crippen molar-refractivity contribution in [3.63, 3.8) is 0 Å². The van der Waals surface area contributed by atoms with Crippen LogP contribution in [0.3, 0.4) is 0 Å². The van der Waals surface area contributed by atoms with Crippen LogP contribution in [0.5, 0.6) is 0 Å². The maximum absolute atomic E-state index is 13.7. The first-order valence-corrected chi connectivity index (χ1v) is 10.8. The third-order valence-electron chi connectivity index (χ3n) is 5.63. The molecule has 0 radical (unpaired) electrons.